The Hall–Kier alpha value is -2.53. The summed E-state index contributed by atoms with van der Waals surface area (Å²) in [6, 6.07) is 13.2. The van der Waals surface area contributed by atoms with Gasteiger partial charge in [-0.3, -0.25) is 4.79 Å². The molecule has 0 aromatic heterocycles. The van der Waals surface area contributed by atoms with Crippen molar-refractivity contribution in [2.45, 2.75) is 46.1 Å². The smallest absolute Gasteiger partial charge is 0.244 e. The van der Waals surface area contributed by atoms with Gasteiger partial charge >= 0.3 is 0 Å². The summed E-state index contributed by atoms with van der Waals surface area (Å²) in [5.74, 6) is 1.93. The lowest BCUT2D eigenvalue weighted by Crippen LogP contribution is -2.22. The van der Waals surface area contributed by atoms with E-state index < -0.39 is 0 Å². The molecule has 0 aliphatic heterocycles. The van der Waals surface area contributed by atoms with Crippen LogP contribution in [0, 0.1) is 17.3 Å². The third kappa shape index (κ3) is 4.72. The van der Waals surface area contributed by atoms with Crippen molar-refractivity contribution in [3.8, 4) is 11.5 Å². The van der Waals surface area contributed by atoms with E-state index in [2.05, 4.69) is 17.5 Å². The van der Waals surface area contributed by atoms with E-state index in [1.807, 2.05) is 49.4 Å². The molecule has 5 nitrogen and oxygen atoms in total. The molecule has 0 bridgehead atoms. The van der Waals surface area contributed by atoms with Gasteiger partial charge < -0.3 is 9.47 Å². The zero-order chi connectivity index (χ0) is 21.8. The maximum absolute atomic E-state index is 12.6. The summed E-state index contributed by atoms with van der Waals surface area (Å²) in [4.78, 5) is 12.6. The average molecular weight is 441 g/mol. The molecule has 2 saturated carbocycles. The number of ether oxygens (including phenoxy) is 2. The highest BCUT2D eigenvalue weighted by molar-refractivity contribution is 6.31. The van der Waals surface area contributed by atoms with Gasteiger partial charge in [-0.05, 0) is 60.9 Å². The van der Waals surface area contributed by atoms with Crippen LogP contribution in [0.1, 0.15) is 50.7 Å². The molecule has 2 aromatic rings. The molecule has 2 aliphatic rings. The van der Waals surface area contributed by atoms with E-state index in [1.165, 1.54) is 12.8 Å². The summed E-state index contributed by atoms with van der Waals surface area (Å²) >= 11 is 6.21. The van der Waals surface area contributed by atoms with Gasteiger partial charge in [0.2, 0.25) is 5.91 Å². The highest BCUT2D eigenvalue weighted by atomic mass is 35.5. The summed E-state index contributed by atoms with van der Waals surface area (Å²) in [5.41, 5.74) is 4.66. The van der Waals surface area contributed by atoms with E-state index >= 15 is 0 Å². The minimum Gasteiger partial charge on any atom is -0.490 e. The number of benzene rings is 2. The first-order valence-corrected chi connectivity index (χ1v) is 11.4. The fourth-order valence-corrected chi connectivity index (χ4v) is 5.04. The van der Waals surface area contributed by atoms with Gasteiger partial charge in [0.25, 0.3) is 0 Å². The summed E-state index contributed by atoms with van der Waals surface area (Å²) < 4.78 is 11.7. The van der Waals surface area contributed by atoms with Crippen molar-refractivity contribution in [3.63, 3.8) is 0 Å². The summed E-state index contributed by atoms with van der Waals surface area (Å²) in [7, 11) is 0. The summed E-state index contributed by atoms with van der Waals surface area (Å²) in [6.45, 7) is 5.03. The van der Waals surface area contributed by atoms with Crippen LogP contribution in [0.2, 0.25) is 5.02 Å². The number of carbonyl (C=O) groups excluding carboxylic acids is 1. The van der Waals surface area contributed by atoms with E-state index in [4.69, 9.17) is 21.1 Å². The summed E-state index contributed by atoms with van der Waals surface area (Å²) in [6.07, 6.45) is 6.41. The second-order valence-corrected chi connectivity index (χ2v) is 9.00. The Labute approximate surface area is 188 Å². The lowest BCUT2D eigenvalue weighted by molar-refractivity contribution is -0.123. The van der Waals surface area contributed by atoms with Crippen LogP contribution in [0.15, 0.2) is 47.6 Å². The molecule has 31 heavy (non-hydrogen) atoms. The van der Waals surface area contributed by atoms with Crippen LogP contribution >= 0.6 is 11.6 Å². The van der Waals surface area contributed by atoms with Gasteiger partial charge in [-0.15, -0.1) is 0 Å². The second-order valence-electron chi connectivity index (χ2n) is 8.59. The molecule has 2 fully saturated rings. The Morgan fingerprint density at radius 3 is 2.81 bits per heavy atom. The van der Waals surface area contributed by atoms with Crippen LogP contribution in [0.5, 0.6) is 11.5 Å². The van der Waals surface area contributed by atoms with Crippen LogP contribution in [-0.2, 0) is 11.4 Å². The van der Waals surface area contributed by atoms with Crippen molar-refractivity contribution in [1.82, 2.24) is 5.43 Å². The molecule has 3 atom stereocenters. The molecule has 6 heteroatoms. The Morgan fingerprint density at radius 2 is 2.06 bits per heavy atom. The number of hydrogen-bond donors (Lipinski definition) is 1. The minimum absolute atomic E-state index is 0.0374. The monoisotopic (exact) mass is 440 g/mol. The highest BCUT2D eigenvalue weighted by Crippen LogP contribution is 2.66. The number of fused-ring (bicyclic) bond motifs is 1. The van der Waals surface area contributed by atoms with Gasteiger partial charge in [0, 0.05) is 16.5 Å². The maximum Gasteiger partial charge on any atom is 0.244 e. The molecule has 0 radical (unpaired) electrons. The predicted octanol–water partition coefficient (Wildman–Crippen LogP) is 5.59. The van der Waals surface area contributed by atoms with E-state index in [1.54, 1.807) is 6.21 Å². The minimum atomic E-state index is 0.0374. The Bertz CT molecular complexity index is 977. The molecule has 0 heterocycles. The van der Waals surface area contributed by atoms with Crippen LogP contribution in [-0.4, -0.2) is 18.7 Å². The van der Waals surface area contributed by atoms with Crippen LogP contribution in [0.25, 0.3) is 0 Å². The number of carbonyl (C=O) groups is 1. The standard InChI is InChI=1S/C25H29ClN2O3/c1-3-30-22-14-17(11-12-21(22)31-16-18-8-4-5-10-20(18)26)15-27-28-24(29)23-19-9-6-7-13-25(19,23)2/h4-5,8,10-12,14-15,19,23H,3,6-7,9,13,16H2,1-2H3,(H,28,29)/b27-15-/t19-,23-,25+/m0/s1. The van der Waals surface area contributed by atoms with Gasteiger partial charge in [0.05, 0.1) is 12.8 Å². The largest absolute Gasteiger partial charge is 0.490 e. The van der Waals surface area contributed by atoms with E-state index in [-0.39, 0.29) is 17.2 Å². The van der Waals surface area contributed by atoms with Crippen molar-refractivity contribution >= 4 is 23.7 Å². The van der Waals surface area contributed by atoms with Gasteiger partial charge in [-0.25, -0.2) is 5.43 Å². The molecule has 0 spiro atoms. The fourth-order valence-electron chi connectivity index (χ4n) is 4.85. The zero-order valence-corrected chi connectivity index (χ0v) is 18.8. The topological polar surface area (TPSA) is 59.9 Å². The number of halogens is 1. The quantitative estimate of drug-likeness (QED) is 0.429. The Kier molecular flexibility index (Phi) is 6.51. The lowest BCUT2D eigenvalue weighted by atomic mass is 9.90. The summed E-state index contributed by atoms with van der Waals surface area (Å²) in [5, 5.41) is 4.86. The van der Waals surface area contributed by atoms with Crippen molar-refractivity contribution < 1.29 is 14.3 Å². The van der Waals surface area contributed by atoms with Gasteiger partial charge in [0.15, 0.2) is 11.5 Å². The first-order valence-electron chi connectivity index (χ1n) is 11.0. The Morgan fingerprint density at radius 1 is 1.23 bits per heavy atom. The van der Waals surface area contributed by atoms with Crippen molar-refractivity contribution in [3.05, 3.63) is 58.6 Å². The number of hydrazone groups is 1. The maximum atomic E-state index is 12.6. The number of rotatable bonds is 8. The molecular formula is C25H29ClN2O3. The van der Waals surface area contributed by atoms with Crippen LogP contribution < -0.4 is 14.9 Å². The highest BCUT2D eigenvalue weighted by Gasteiger charge is 2.64. The molecule has 2 aliphatic carbocycles. The van der Waals surface area contributed by atoms with Crippen molar-refractivity contribution in [2.75, 3.05) is 6.61 Å². The number of hydrogen-bond acceptors (Lipinski definition) is 4. The first-order chi connectivity index (χ1) is 15.0. The second kappa shape index (κ2) is 9.31. The third-order valence-electron chi connectivity index (χ3n) is 6.61. The number of amides is 1. The average Bonchev–Trinajstić information content (AvgIpc) is 3.40. The molecule has 164 valence electrons. The van der Waals surface area contributed by atoms with Crippen molar-refractivity contribution in [1.29, 1.82) is 0 Å². The number of nitrogens with one attached hydrogen (secondary N) is 1. The molecular weight excluding hydrogens is 412 g/mol. The lowest BCUT2D eigenvalue weighted by Gasteiger charge is -2.15. The van der Waals surface area contributed by atoms with E-state index in [9.17, 15) is 4.79 Å². The normalized spacial score (nSPS) is 24.5. The fraction of sp³-hybridized carbons (Fsp3) is 0.440. The first kappa shape index (κ1) is 21.7. The zero-order valence-electron chi connectivity index (χ0n) is 18.1. The molecule has 0 saturated heterocycles. The van der Waals surface area contributed by atoms with E-state index in [0.29, 0.717) is 35.7 Å². The van der Waals surface area contributed by atoms with Crippen molar-refractivity contribution in [2.24, 2.45) is 22.4 Å². The van der Waals surface area contributed by atoms with Gasteiger partial charge in [-0.1, -0.05) is 49.6 Å². The molecule has 0 unspecified atom stereocenters. The van der Waals surface area contributed by atoms with Gasteiger partial charge in [-0.2, -0.15) is 5.10 Å². The predicted molar refractivity (Wildman–Crippen MR) is 123 cm³/mol. The molecule has 1 amide bonds. The molecule has 4 rings (SSSR count). The molecule has 2 aromatic carbocycles. The van der Waals surface area contributed by atoms with Crippen LogP contribution in [0.3, 0.4) is 0 Å². The number of nitrogens with zero attached hydrogens (tertiary/aromatic N) is 1. The van der Waals surface area contributed by atoms with E-state index in [0.717, 1.165) is 24.0 Å². The molecule has 1 N–H and O–H groups in total. The third-order valence-corrected chi connectivity index (χ3v) is 6.98. The van der Waals surface area contributed by atoms with Gasteiger partial charge in [0.1, 0.15) is 6.61 Å². The Balaban J connectivity index is 1.38. The van der Waals surface area contributed by atoms with Crippen LogP contribution in [0.4, 0.5) is 0 Å². The SMILES string of the molecule is CCOc1cc(/C=N\NC(=O)[C@@H]2[C@@H]3CCCC[C@@]23C)ccc1OCc1ccccc1Cl.